The third-order valence-corrected chi connectivity index (χ3v) is 3.27. The van der Waals surface area contributed by atoms with E-state index in [2.05, 4.69) is 20.8 Å². The molecule has 1 aromatic rings. The molecule has 1 aromatic carbocycles. The molecule has 9 heteroatoms. The van der Waals surface area contributed by atoms with Gasteiger partial charge in [-0.1, -0.05) is 15.9 Å². The molecule has 1 fully saturated rings. The van der Waals surface area contributed by atoms with E-state index in [0.29, 0.717) is 5.75 Å². The highest BCUT2D eigenvalue weighted by atomic mass is 79.9. The first kappa shape index (κ1) is 18.7. The Hall–Kier alpha value is -1.32. The number of carbonyl (C=O) groups is 1. The van der Waals surface area contributed by atoms with Gasteiger partial charge in [-0.2, -0.15) is 13.2 Å². The summed E-state index contributed by atoms with van der Waals surface area (Å²) >= 11 is 3.41. The number of benzene rings is 1. The molecule has 0 aromatic heterocycles. The van der Waals surface area contributed by atoms with Crippen molar-refractivity contribution in [3.63, 3.8) is 0 Å². The van der Waals surface area contributed by atoms with Crippen LogP contribution < -0.4 is 0 Å². The number of aliphatic carboxylic acids is 1. The lowest BCUT2D eigenvalue weighted by molar-refractivity contribution is -0.192. The Kier molecular flexibility index (Phi) is 7.11. The number of morpholine rings is 1. The van der Waals surface area contributed by atoms with Crippen molar-refractivity contribution >= 4 is 21.9 Å². The number of carboxylic acid groups (broad SMARTS) is 1. The maximum atomic E-state index is 10.6. The molecule has 0 saturated carbocycles. The van der Waals surface area contributed by atoms with E-state index in [9.17, 15) is 18.3 Å². The highest BCUT2D eigenvalue weighted by Crippen LogP contribution is 2.23. The van der Waals surface area contributed by atoms with Crippen LogP contribution in [0.15, 0.2) is 22.7 Å². The lowest BCUT2D eigenvalue weighted by atomic mass is 10.2. The molecule has 2 N–H and O–H groups in total. The lowest BCUT2D eigenvalue weighted by Gasteiger charge is -2.26. The fraction of sp³-hybridized carbons (Fsp3) is 0.462. The number of hydrogen-bond donors (Lipinski definition) is 2. The summed E-state index contributed by atoms with van der Waals surface area (Å²) in [7, 11) is 0. The van der Waals surface area contributed by atoms with Gasteiger partial charge >= 0.3 is 12.1 Å². The smallest absolute Gasteiger partial charge is 0.490 e. The van der Waals surface area contributed by atoms with Gasteiger partial charge in [-0.3, -0.25) is 4.90 Å². The zero-order valence-corrected chi connectivity index (χ0v) is 13.0. The Morgan fingerprint density at radius 3 is 2.36 bits per heavy atom. The molecule has 0 atom stereocenters. The Balaban J connectivity index is 0.000000295. The largest absolute Gasteiger partial charge is 0.508 e. The summed E-state index contributed by atoms with van der Waals surface area (Å²) < 4.78 is 38.0. The van der Waals surface area contributed by atoms with E-state index in [4.69, 9.17) is 14.6 Å². The first-order chi connectivity index (χ1) is 10.2. The summed E-state index contributed by atoms with van der Waals surface area (Å²) in [6.07, 6.45) is -5.08. The van der Waals surface area contributed by atoms with Crippen molar-refractivity contribution in [2.75, 3.05) is 26.3 Å². The predicted octanol–water partition coefficient (Wildman–Crippen LogP) is 2.62. The average molecular weight is 386 g/mol. The SMILES string of the molecule is O=C(O)C(F)(F)F.Oc1ccc(Br)cc1CN1CCOCC1. The third-order valence-electron chi connectivity index (χ3n) is 2.78. The van der Waals surface area contributed by atoms with Crippen molar-refractivity contribution in [2.24, 2.45) is 0 Å². The van der Waals surface area contributed by atoms with Crippen molar-refractivity contribution in [2.45, 2.75) is 12.7 Å². The second-order valence-electron chi connectivity index (χ2n) is 4.46. The average Bonchev–Trinajstić information content (AvgIpc) is 2.44. The van der Waals surface area contributed by atoms with Gasteiger partial charge in [0.25, 0.3) is 0 Å². The Labute approximate surface area is 133 Å². The minimum atomic E-state index is -5.08. The standard InChI is InChI=1S/C11H14BrNO2.C2HF3O2/c12-10-1-2-11(14)9(7-10)8-13-3-5-15-6-4-13;3-2(4,5)1(6)7/h1-2,7,14H,3-6,8H2;(H,6,7). The van der Waals surface area contributed by atoms with E-state index in [1.165, 1.54) is 0 Å². The molecule has 124 valence electrons. The van der Waals surface area contributed by atoms with Crippen molar-refractivity contribution in [3.8, 4) is 5.75 Å². The van der Waals surface area contributed by atoms with Crippen LogP contribution in [0.25, 0.3) is 0 Å². The molecule has 0 bridgehead atoms. The third kappa shape index (κ3) is 6.63. The summed E-state index contributed by atoms with van der Waals surface area (Å²) in [5.74, 6) is -2.39. The summed E-state index contributed by atoms with van der Waals surface area (Å²) in [6.45, 7) is 4.23. The van der Waals surface area contributed by atoms with E-state index in [1.807, 2.05) is 12.1 Å². The molecule has 22 heavy (non-hydrogen) atoms. The molecule has 1 aliphatic heterocycles. The van der Waals surface area contributed by atoms with Crippen LogP contribution in [0.4, 0.5) is 13.2 Å². The van der Waals surface area contributed by atoms with Gasteiger partial charge in [0.05, 0.1) is 13.2 Å². The number of halogens is 4. The molecule has 1 aliphatic rings. The molecular weight excluding hydrogens is 371 g/mol. The number of ether oxygens (including phenoxy) is 1. The quantitative estimate of drug-likeness (QED) is 0.818. The number of alkyl halides is 3. The molecule has 0 aliphatic carbocycles. The van der Waals surface area contributed by atoms with E-state index >= 15 is 0 Å². The van der Waals surface area contributed by atoms with Crippen LogP contribution in [0.3, 0.4) is 0 Å². The summed E-state index contributed by atoms with van der Waals surface area (Å²) in [5.41, 5.74) is 0.964. The summed E-state index contributed by atoms with van der Waals surface area (Å²) in [5, 5.41) is 16.8. The van der Waals surface area contributed by atoms with E-state index in [1.54, 1.807) is 6.07 Å². The number of nitrogens with zero attached hydrogens (tertiary/aromatic N) is 1. The van der Waals surface area contributed by atoms with Crippen molar-refractivity contribution in [1.29, 1.82) is 0 Å². The summed E-state index contributed by atoms with van der Waals surface area (Å²) in [4.78, 5) is 11.2. The lowest BCUT2D eigenvalue weighted by Crippen LogP contribution is -2.35. The van der Waals surface area contributed by atoms with Crippen molar-refractivity contribution in [3.05, 3.63) is 28.2 Å². The van der Waals surface area contributed by atoms with Gasteiger partial charge in [-0.05, 0) is 18.2 Å². The molecule has 0 unspecified atom stereocenters. The van der Waals surface area contributed by atoms with Gasteiger partial charge < -0.3 is 14.9 Å². The van der Waals surface area contributed by atoms with Gasteiger partial charge in [0.1, 0.15) is 5.75 Å². The van der Waals surface area contributed by atoms with Crippen LogP contribution in [-0.4, -0.2) is 53.6 Å². The van der Waals surface area contributed by atoms with Crippen LogP contribution >= 0.6 is 15.9 Å². The highest BCUT2D eigenvalue weighted by Gasteiger charge is 2.38. The monoisotopic (exact) mass is 385 g/mol. The molecule has 0 spiro atoms. The van der Waals surface area contributed by atoms with Crippen LogP contribution in [0, 0.1) is 0 Å². The minimum Gasteiger partial charge on any atom is -0.508 e. The van der Waals surface area contributed by atoms with Gasteiger partial charge in [0, 0.05) is 29.7 Å². The first-order valence-electron chi connectivity index (χ1n) is 6.27. The second kappa shape index (κ2) is 8.35. The van der Waals surface area contributed by atoms with Gasteiger partial charge in [0.2, 0.25) is 0 Å². The van der Waals surface area contributed by atoms with E-state index in [0.717, 1.165) is 42.9 Å². The Morgan fingerprint density at radius 2 is 1.86 bits per heavy atom. The molecule has 5 nitrogen and oxygen atoms in total. The first-order valence-corrected chi connectivity index (χ1v) is 7.07. The van der Waals surface area contributed by atoms with Crippen molar-refractivity contribution < 1.29 is 32.9 Å². The maximum Gasteiger partial charge on any atom is 0.490 e. The number of phenolic OH excluding ortho intramolecular Hbond substituents is 1. The number of carboxylic acids is 1. The fourth-order valence-corrected chi connectivity index (χ4v) is 2.09. The molecule has 1 heterocycles. The predicted molar refractivity (Wildman–Crippen MR) is 75.6 cm³/mol. The number of hydrogen-bond acceptors (Lipinski definition) is 4. The zero-order valence-electron chi connectivity index (χ0n) is 11.4. The maximum absolute atomic E-state index is 10.6. The molecule has 0 radical (unpaired) electrons. The normalized spacial score (nSPS) is 15.8. The van der Waals surface area contributed by atoms with E-state index in [-0.39, 0.29) is 0 Å². The van der Waals surface area contributed by atoms with Crippen LogP contribution in [-0.2, 0) is 16.1 Å². The summed E-state index contributed by atoms with van der Waals surface area (Å²) in [6, 6.07) is 5.53. The highest BCUT2D eigenvalue weighted by molar-refractivity contribution is 9.10. The van der Waals surface area contributed by atoms with E-state index < -0.39 is 12.1 Å². The Morgan fingerprint density at radius 1 is 1.32 bits per heavy atom. The van der Waals surface area contributed by atoms with Crippen molar-refractivity contribution in [1.82, 2.24) is 4.90 Å². The Bertz CT molecular complexity index is 505. The number of rotatable bonds is 2. The minimum absolute atomic E-state index is 0.365. The topological polar surface area (TPSA) is 70.0 Å². The molecule has 2 rings (SSSR count). The van der Waals surface area contributed by atoms with Crippen LogP contribution in [0.1, 0.15) is 5.56 Å². The number of aromatic hydroxyl groups is 1. The molecule has 1 saturated heterocycles. The molecule has 0 amide bonds. The van der Waals surface area contributed by atoms with Crippen LogP contribution in [0.2, 0.25) is 0 Å². The van der Waals surface area contributed by atoms with Gasteiger partial charge in [-0.15, -0.1) is 0 Å². The van der Waals surface area contributed by atoms with Gasteiger partial charge in [0.15, 0.2) is 0 Å². The number of phenols is 1. The second-order valence-corrected chi connectivity index (χ2v) is 5.38. The molecular formula is C13H15BrF3NO4. The van der Waals surface area contributed by atoms with Crippen LogP contribution in [0.5, 0.6) is 5.75 Å². The van der Waals surface area contributed by atoms with Gasteiger partial charge in [-0.25, -0.2) is 4.79 Å². The fourth-order valence-electron chi connectivity index (χ4n) is 1.68. The zero-order chi connectivity index (χ0) is 16.8.